The number of hydrogen-bond acceptors (Lipinski definition) is 3. The molecule has 1 heterocycles. The van der Waals surface area contributed by atoms with Gasteiger partial charge in [-0.15, -0.1) is 0 Å². The molecule has 2 rings (SSSR count). The van der Waals surface area contributed by atoms with Crippen molar-refractivity contribution in [2.45, 2.75) is 32.7 Å². The molecular weight excluding hydrogens is 222 g/mol. The molecule has 96 valence electrons. The number of fused-ring (bicyclic) bond motifs is 1. The number of pyridine rings is 1. The van der Waals surface area contributed by atoms with Gasteiger partial charge in [0.05, 0.1) is 5.52 Å². The average Bonchev–Trinajstić information content (AvgIpc) is 2.44. The minimum absolute atomic E-state index is 0.188. The Morgan fingerprint density at radius 1 is 1.17 bits per heavy atom. The monoisotopic (exact) mass is 243 g/mol. The maximum absolute atomic E-state index is 5.78. The minimum atomic E-state index is 0.188. The van der Waals surface area contributed by atoms with Gasteiger partial charge in [-0.1, -0.05) is 44.9 Å². The van der Waals surface area contributed by atoms with E-state index in [4.69, 9.17) is 5.84 Å². The highest BCUT2D eigenvalue weighted by Crippen LogP contribution is 2.31. The van der Waals surface area contributed by atoms with E-state index in [-0.39, 0.29) is 6.04 Å². The fraction of sp³-hybridized carbons (Fsp3) is 0.400. The van der Waals surface area contributed by atoms with Crippen LogP contribution in [-0.4, -0.2) is 4.98 Å². The second-order valence-electron chi connectivity index (χ2n) is 4.64. The summed E-state index contributed by atoms with van der Waals surface area (Å²) in [5.74, 6) is 6.32. The van der Waals surface area contributed by atoms with Gasteiger partial charge in [0.1, 0.15) is 0 Å². The molecule has 0 saturated carbocycles. The summed E-state index contributed by atoms with van der Waals surface area (Å²) in [5.41, 5.74) is 5.26. The molecule has 1 aromatic carbocycles. The second-order valence-corrected chi connectivity index (χ2v) is 4.64. The van der Waals surface area contributed by atoms with E-state index in [1.807, 2.05) is 18.3 Å². The normalized spacial score (nSPS) is 13.1. The van der Waals surface area contributed by atoms with Crippen LogP contribution in [0.2, 0.25) is 0 Å². The van der Waals surface area contributed by atoms with Crippen LogP contribution in [0.15, 0.2) is 36.5 Å². The molecule has 0 aliphatic carbocycles. The molecule has 0 radical (unpaired) electrons. The molecule has 0 aliphatic heterocycles. The molecule has 0 spiro atoms. The second kappa shape index (κ2) is 5.94. The lowest BCUT2D eigenvalue weighted by molar-refractivity contribution is 0.347. The van der Waals surface area contributed by atoms with Crippen LogP contribution in [0.3, 0.4) is 0 Å². The van der Waals surface area contributed by atoms with Crippen molar-refractivity contribution >= 4 is 10.9 Å². The number of benzene rings is 1. The number of nitrogens with zero attached hydrogens (tertiary/aromatic N) is 1. The number of nitrogens with two attached hydrogens (primary N) is 1. The Hall–Kier alpha value is -1.45. The smallest absolute Gasteiger partial charge is 0.0705 e. The molecule has 0 amide bonds. The number of nitrogens with one attached hydrogen (secondary N) is 1. The van der Waals surface area contributed by atoms with Crippen LogP contribution in [0.25, 0.3) is 10.9 Å². The third kappa shape index (κ3) is 2.37. The number of hydrogen-bond donors (Lipinski definition) is 2. The van der Waals surface area contributed by atoms with Gasteiger partial charge in [-0.2, -0.15) is 0 Å². The van der Waals surface area contributed by atoms with Gasteiger partial charge in [0.15, 0.2) is 0 Å². The number of rotatable bonds is 5. The first-order chi connectivity index (χ1) is 8.81. The summed E-state index contributed by atoms with van der Waals surface area (Å²) in [7, 11) is 0. The van der Waals surface area contributed by atoms with Gasteiger partial charge in [-0.3, -0.25) is 16.3 Å². The zero-order valence-corrected chi connectivity index (χ0v) is 11.1. The third-order valence-electron chi connectivity index (χ3n) is 3.71. The summed E-state index contributed by atoms with van der Waals surface area (Å²) >= 11 is 0. The van der Waals surface area contributed by atoms with Crippen LogP contribution in [-0.2, 0) is 0 Å². The number of aromatic nitrogens is 1. The van der Waals surface area contributed by atoms with Gasteiger partial charge in [-0.25, -0.2) is 0 Å². The van der Waals surface area contributed by atoms with Crippen molar-refractivity contribution in [3.8, 4) is 0 Å². The Morgan fingerprint density at radius 3 is 2.61 bits per heavy atom. The standard InChI is InChI=1S/C15H21N3/c1-3-11(4-2)15(18-16)13-7-5-9-14-12(13)8-6-10-17-14/h5-11,15,18H,3-4,16H2,1-2H3. The summed E-state index contributed by atoms with van der Waals surface area (Å²) in [6.45, 7) is 4.42. The van der Waals surface area contributed by atoms with Gasteiger partial charge in [0, 0.05) is 17.6 Å². The predicted octanol–water partition coefficient (Wildman–Crippen LogP) is 3.18. The Kier molecular flexibility index (Phi) is 4.28. The van der Waals surface area contributed by atoms with E-state index in [1.165, 1.54) is 10.9 Å². The Morgan fingerprint density at radius 2 is 1.94 bits per heavy atom. The van der Waals surface area contributed by atoms with Gasteiger partial charge >= 0.3 is 0 Å². The summed E-state index contributed by atoms with van der Waals surface area (Å²) < 4.78 is 0. The maximum Gasteiger partial charge on any atom is 0.0705 e. The third-order valence-corrected chi connectivity index (χ3v) is 3.71. The summed E-state index contributed by atoms with van der Waals surface area (Å²) in [5, 5.41) is 1.19. The predicted molar refractivity (Wildman–Crippen MR) is 75.9 cm³/mol. The highest BCUT2D eigenvalue weighted by Gasteiger charge is 2.20. The lowest BCUT2D eigenvalue weighted by Gasteiger charge is -2.26. The van der Waals surface area contributed by atoms with Crippen molar-refractivity contribution in [1.82, 2.24) is 10.4 Å². The zero-order chi connectivity index (χ0) is 13.0. The lowest BCUT2D eigenvalue weighted by Crippen LogP contribution is -2.33. The Labute approximate surface area is 108 Å². The summed E-state index contributed by atoms with van der Waals surface area (Å²) in [6, 6.07) is 10.5. The highest BCUT2D eigenvalue weighted by atomic mass is 15.2. The van der Waals surface area contributed by atoms with Crippen molar-refractivity contribution in [3.05, 3.63) is 42.1 Å². The van der Waals surface area contributed by atoms with Crippen LogP contribution in [0.4, 0.5) is 0 Å². The fourth-order valence-electron chi connectivity index (χ4n) is 2.64. The topological polar surface area (TPSA) is 50.9 Å². The summed E-state index contributed by atoms with van der Waals surface area (Å²) in [4.78, 5) is 4.40. The highest BCUT2D eigenvalue weighted by molar-refractivity contribution is 5.82. The number of hydrazine groups is 1. The SMILES string of the molecule is CCC(CC)C(NN)c1cccc2ncccc12. The summed E-state index contributed by atoms with van der Waals surface area (Å²) in [6.07, 6.45) is 4.05. The molecule has 1 unspecified atom stereocenters. The minimum Gasteiger partial charge on any atom is -0.271 e. The molecule has 18 heavy (non-hydrogen) atoms. The molecular formula is C15H21N3. The zero-order valence-electron chi connectivity index (χ0n) is 11.1. The molecule has 0 bridgehead atoms. The van der Waals surface area contributed by atoms with Crippen molar-refractivity contribution in [2.75, 3.05) is 0 Å². The van der Waals surface area contributed by atoms with Crippen molar-refractivity contribution in [1.29, 1.82) is 0 Å². The quantitative estimate of drug-likeness (QED) is 0.626. The molecule has 0 fully saturated rings. The Balaban J connectivity index is 2.51. The molecule has 2 aromatic rings. The van der Waals surface area contributed by atoms with E-state index in [2.05, 4.69) is 42.5 Å². The van der Waals surface area contributed by atoms with Crippen LogP contribution in [0, 0.1) is 5.92 Å². The molecule has 0 saturated heterocycles. The maximum atomic E-state index is 5.78. The first-order valence-electron chi connectivity index (χ1n) is 6.61. The molecule has 0 aliphatic rings. The molecule has 1 aromatic heterocycles. The van der Waals surface area contributed by atoms with Gasteiger partial charge < -0.3 is 0 Å². The van der Waals surface area contributed by atoms with E-state index in [9.17, 15) is 0 Å². The Bertz CT molecular complexity index is 501. The first kappa shape index (κ1) is 13.0. The van der Waals surface area contributed by atoms with Crippen LogP contribution in [0.5, 0.6) is 0 Å². The van der Waals surface area contributed by atoms with Gasteiger partial charge in [0.2, 0.25) is 0 Å². The van der Waals surface area contributed by atoms with Crippen LogP contribution >= 0.6 is 0 Å². The van der Waals surface area contributed by atoms with Crippen molar-refractivity contribution in [2.24, 2.45) is 11.8 Å². The van der Waals surface area contributed by atoms with Crippen LogP contribution < -0.4 is 11.3 Å². The fourth-order valence-corrected chi connectivity index (χ4v) is 2.64. The van der Waals surface area contributed by atoms with E-state index in [0.717, 1.165) is 18.4 Å². The van der Waals surface area contributed by atoms with Crippen molar-refractivity contribution in [3.63, 3.8) is 0 Å². The van der Waals surface area contributed by atoms with E-state index in [1.54, 1.807) is 0 Å². The van der Waals surface area contributed by atoms with Gasteiger partial charge in [-0.05, 0) is 23.6 Å². The van der Waals surface area contributed by atoms with E-state index < -0.39 is 0 Å². The first-order valence-corrected chi connectivity index (χ1v) is 6.61. The average molecular weight is 243 g/mol. The molecule has 1 atom stereocenters. The largest absolute Gasteiger partial charge is 0.271 e. The van der Waals surface area contributed by atoms with E-state index >= 15 is 0 Å². The lowest BCUT2D eigenvalue weighted by atomic mass is 9.87. The van der Waals surface area contributed by atoms with Crippen LogP contribution in [0.1, 0.15) is 38.3 Å². The van der Waals surface area contributed by atoms with Gasteiger partial charge in [0.25, 0.3) is 0 Å². The molecule has 3 nitrogen and oxygen atoms in total. The molecule has 3 N–H and O–H groups in total. The molecule has 3 heteroatoms. The van der Waals surface area contributed by atoms with Crippen molar-refractivity contribution < 1.29 is 0 Å². The van der Waals surface area contributed by atoms with E-state index in [0.29, 0.717) is 5.92 Å².